The number of halogens is 2. The summed E-state index contributed by atoms with van der Waals surface area (Å²) in [6.07, 6.45) is 5.06. The van der Waals surface area contributed by atoms with Crippen molar-refractivity contribution in [1.29, 1.82) is 0 Å². The standard InChI is InChI=1S/C16H25ClFN/c1-4-5-6-9-16(2,3)12-19-11-13-7-8-14(18)10-15(13)17/h7-8,10,19H,4-6,9,11-12H2,1-3H3. The Kier molecular flexibility index (Phi) is 6.81. The topological polar surface area (TPSA) is 12.0 Å². The van der Waals surface area contributed by atoms with E-state index in [1.165, 1.54) is 37.8 Å². The maximum atomic E-state index is 12.9. The highest BCUT2D eigenvalue weighted by Gasteiger charge is 2.16. The second-order valence-corrected chi connectivity index (χ2v) is 6.37. The fraction of sp³-hybridized carbons (Fsp3) is 0.625. The molecule has 0 aliphatic carbocycles. The van der Waals surface area contributed by atoms with E-state index in [0.717, 1.165) is 12.1 Å². The van der Waals surface area contributed by atoms with Crippen molar-refractivity contribution < 1.29 is 4.39 Å². The molecule has 0 aliphatic heterocycles. The molecule has 0 atom stereocenters. The van der Waals surface area contributed by atoms with E-state index in [2.05, 4.69) is 26.1 Å². The van der Waals surface area contributed by atoms with Gasteiger partial charge in [-0.15, -0.1) is 0 Å². The molecule has 0 saturated heterocycles. The van der Waals surface area contributed by atoms with E-state index in [1.807, 2.05) is 0 Å². The van der Waals surface area contributed by atoms with Gasteiger partial charge < -0.3 is 5.32 Å². The van der Waals surface area contributed by atoms with Gasteiger partial charge in [0.25, 0.3) is 0 Å². The van der Waals surface area contributed by atoms with Gasteiger partial charge >= 0.3 is 0 Å². The zero-order chi connectivity index (χ0) is 14.3. The molecule has 1 nitrogen and oxygen atoms in total. The van der Waals surface area contributed by atoms with Gasteiger partial charge in [0, 0.05) is 18.1 Å². The summed E-state index contributed by atoms with van der Waals surface area (Å²) in [7, 11) is 0. The Morgan fingerprint density at radius 3 is 2.63 bits per heavy atom. The molecule has 1 aromatic rings. The van der Waals surface area contributed by atoms with Gasteiger partial charge in [-0.3, -0.25) is 0 Å². The van der Waals surface area contributed by atoms with Crippen LogP contribution in [0.1, 0.15) is 52.0 Å². The lowest BCUT2D eigenvalue weighted by Crippen LogP contribution is -2.29. The minimum atomic E-state index is -0.284. The van der Waals surface area contributed by atoms with Gasteiger partial charge in [0.15, 0.2) is 0 Å². The van der Waals surface area contributed by atoms with Crippen molar-refractivity contribution in [3.8, 4) is 0 Å². The van der Waals surface area contributed by atoms with Crippen LogP contribution in [0.4, 0.5) is 4.39 Å². The van der Waals surface area contributed by atoms with Crippen LogP contribution in [0.5, 0.6) is 0 Å². The molecule has 0 unspecified atom stereocenters. The van der Waals surface area contributed by atoms with Gasteiger partial charge in [-0.25, -0.2) is 4.39 Å². The SMILES string of the molecule is CCCCCC(C)(C)CNCc1ccc(F)cc1Cl. The first-order valence-electron chi connectivity index (χ1n) is 7.09. The largest absolute Gasteiger partial charge is 0.312 e. The lowest BCUT2D eigenvalue weighted by Gasteiger charge is -2.25. The van der Waals surface area contributed by atoms with Crippen LogP contribution >= 0.6 is 11.6 Å². The molecule has 1 N–H and O–H groups in total. The summed E-state index contributed by atoms with van der Waals surface area (Å²) >= 11 is 6.00. The Morgan fingerprint density at radius 1 is 1.26 bits per heavy atom. The zero-order valence-corrected chi connectivity index (χ0v) is 13.0. The molecule has 0 radical (unpaired) electrons. The Morgan fingerprint density at radius 2 is 2.00 bits per heavy atom. The Balaban J connectivity index is 2.36. The molecule has 19 heavy (non-hydrogen) atoms. The predicted octanol–water partition coefficient (Wildman–Crippen LogP) is 5.18. The van der Waals surface area contributed by atoms with Gasteiger partial charge in [0.1, 0.15) is 5.82 Å². The minimum Gasteiger partial charge on any atom is -0.312 e. The van der Waals surface area contributed by atoms with Crippen molar-refractivity contribution in [2.45, 2.75) is 53.0 Å². The van der Waals surface area contributed by atoms with E-state index in [1.54, 1.807) is 6.07 Å². The number of unbranched alkanes of at least 4 members (excludes halogenated alkanes) is 2. The highest BCUT2D eigenvalue weighted by Crippen LogP contribution is 2.23. The Hall–Kier alpha value is -0.600. The molecular formula is C16H25ClFN. The van der Waals surface area contributed by atoms with E-state index in [4.69, 9.17) is 11.6 Å². The van der Waals surface area contributed by atoms with Gasteiger partial charge in [0.2, 0.25) is 0 Å². The molecule has 108 valence electrons. The van der Waals surface area contributed by atoms with Crippen molar-refractivity contribution in [3.05, 3.63) is 34.6 Å². The fourth-order valence-electron chi connectivity index (χ4n) is 2.14. The molecule has 0 aromatic heterocycles. The summed E-state index contributed by atoms with van der Waals surface area (Å²) in [6.45, 7) is 8.42. The lowest BCUT2D eigenvalue weighted by atomic mass is 9.87. The van der Waals surface area contributed by atoms with Crippen LogP contribution in [0.3, 0.4) is 0 Å². The summed E-state index contributed by atoms with van der Waals surface area (Å²) < 4.78 is 12.9. The predicted molar refractivity (Wildman–Crippen MR) is 81.0 cm³/mol. The van der Waals surface area contributed by atoms with Crippen molar-refractivity contribution in [1.82, 2.24) is 5.32 Å². The van der Waals surface area contributed by atoms with Gasteiger partial charge in [-0.2, -0.15) is 0 Å². The highest BCUT2D eigenvalue weighted by molar-refractivity contribution is 6.31. The number of hydrogen-bond acceptors (Lipinski definition) is 1. The number of nitrogens with one attached hydrogen (secondary N) is 1. The average molecular weight is 286 g/mol. The second kappa shape index (κ2) is 7.86. The molecule has 0 heterocycles. The fourth-order valence-corrected chi connectivity index (χ4v) is 2.38. The minimum absolute atomic E-state index is 0.284. The highest BCUT2D eigenvalue weighted by atomic mass is 35.5. The van der Waals surface area contributed by atoms with Crippen LogP contribution in [0.15, 0.2) is 18.2 Å². The smallest absolute Gasteiger partial charge is 0.124 e. The van der Waals surface area contributed by atoms with Gasteiger partial charge in [0.05, 0.1) is 0 Å². The molecule has 1 aromatic carbocycles. The second-order valence-electron chi connectivity index (χ2n) is 5.96. The monoisotopic (exact) mass is 285 g/mol. The normalized spacial score (nSPS) is 11.8. The summed E-state index contributed by atoms with van der Waals surface area (Å²) in [4.78, 5) is 0. The first-order chi connectivity index (χ1) is 8.94. The molecular weight excluding hydrogens is 261 g/mol. The molecule has 0 fully saturated rings. The number of rotatable bonds is 8. The average Bonchev–Trinajstić information content (AvgIpc) is 2.32. The lowest BCUT2D eigenvalue weighted by molar-refractivity contribution is 0.302. The van der Waals surface area contributed by atoms with Crippen molar-refractivity contribution in [2.24, 2.45) is 5.41 Å². The van der Waals surface area contributed by atoms with Crippen LogP contribution in [0.25, 0.3) is 0 Å². The molecule has 0 spiro atoms. The third kappa shape index (κ3) is 6.40. The zero-order valence-electron chi connectivity index (χ0n) is 12.2. The molecule has 0 bridgehead atoms. The van der Waals surface area contributed by atoms with Crippen molar-refractivity contribution in [3.63, 3.8) is 0 Å². The van der Waals surface area contributed by atoms with E-state index in [9.17, 15) is 4.39 Å². The van der Waals surface area contributed by atoms with Crippen LogP contribution in [-0.2, 0) is 6.54 Å². The van der Waals surface area contributed by atoms with Crippen molar-refractivity contribution in [2.75, 3.05) is 6.54 Å². The van der Waals surface area contributed by atoms with Crippen LogP contribution in [-0.4, -0.2) is 6.54 Å². The van der Waals surface area contributed by atoms with Crippen molar-refractivity contribution >= 4 is 11.6 Å². The van der Waals surface area contributed by atoms with E-state index in [0.29, 0.717) is 17.0 Å². The van der Waals surface area contributed by atoms with Gasteiger partial charge in [-0.05, 0) is 29.5 Å². The van der Waals surface area contributed by atoms with E-state index < -0.39 is 0 Å². The van der Waals surface area contributed by atoms with Crippen LogP contribution in [0.2, 0.25) is 5.02 Å². The van der Waals surface area contributed by atoms with Gasteiger partial charge in [-0.1, -0.05) is 57.7 Å². The van der Waals surface area contributed by atoms with E-state index in [-0.39, 0.29) is 5.82 Å². The molecule has 0 saturated carbocycles. The summed E-state index contributed by atoms with van der Waals surface area (Å²) in [5.74, 6) is -0.284. The molecule has 0 aliphatic rings. The maximum Gasteiger partial charge on any atom is 0.124 e. The molecule has 3 heteroatoms. The first kappa shape index (κ1) is 16.5. The molecule has 1 rings (SSSR count). The maximum absolute atomic E-state index is 12.9. The van der Waals surface area contributed by atoms with E-state index >= 15 is 0 Å². The number of hydrogen-bond donors (Lipinski definition) is 1. The number of benzene rings is 1. The quantitative estimate of drug-likeness (QED) is 0.649. The third-order valence-corrected chi connectivity index (χ3v) is 3.74. The summed E-state index contributed by atoms with van der Waals surface area (Å²) in [6, 6.07) is 4.56. The Bertz CT molecular complexity index is 390. The summed E-state index contributed by atoms with van der Waals surface area (Å²) in [5, 5.41) is 3.92. The molecule has 0 amide bonds. The summed E-state index contributed by atoms with van der Waals surface area (Å²) in [5.41, 5.74) is 1.24. The van der Waals surface area contributed by atoms with Crippen LogP contribution in [0, 0.1) is 11.2 Å². The van der Waals surface area contributed by atoms with Crippen LogP contribution < -0.4 is 5.32 Å². The third-order valence-electron chi connectivity index (χ3n) is 3.39. The Labute approximate surface area is 121 Å². The first-order valence-corrected chi connectivity index (χ1v) is 7.47.